The van der Waals surface area contributed by atoms with Crippen molar-refractivity contribution in [2.75, 3.05) is 27.4 Å². The molecule has 3 aromatic carbocycles. The van der Waals surface area contributed by atoms with E-state index in [-0.39, 0.29) is 26.4 Å². The van der Waals surface area contributed by atoms with Gasteiger partial charge in [0.1, 0.15) is 48.8 Å². The van der Waals surface area contributed by atoms with E-state index in [1.54, 1.807) is 7.11 Å². The topological polar surface area (TPSA) is 113 Å². The minimum atomic E-state index is -1.20. The van der Waals surface area contributed by atoms with E-state index in [4.69, 9.17) is 47.4 Å². The van der Waals surface area contributed by atoms with Gasteiger partial charge in [0.25, 0.3) is 0 Å². The van der Waals surface area contributed by atoms with Crippen molar-refractivity contribution in [1.29, 1.82) is 0 Å². The molecule has 3 aliphatic rings. The summed E-state index contributed by atoms with van der Waals surface area (Å²) in [6.45, 7) is 4.92. The van der Waals surface area contributed by atoms with E-state index in [0.717, 1.165) is 16.7 Å². The highest BCUT2D eigenvalue weighted by atomic mass is 16.8. The van der Waals surface area contributed by atoms with Crippen molar-refractivity contribution in [3.8, 4) is 0 Å². The number of rotatable bonds is 14. The summed E-state index contributed by atoms with van der Waals surface area (Å²) in [7, 11) is 3.11. The predicted molar refractivity (Wildman–Crippen MR) is 177 cm³/mol. The molecule has 3 aliphatic heterocycles. The molecule has 11 nitrogen and oxygen atoms in total. The van der Waals surface area contributed by atoms with Gasteiger partial charge in [0.15, 0.2) is 18.4 Å². The Balaban J connectivity index is 1.29. The van der Waals surface area contributed by atoms with Gasteiger partial charge < -0.3 is 52.5 Å². The Morgan fingerprint density at radius 1 is 0.673 bits per heavy atom. The van der Waals surface area contributed by atoms with Crippen molar-refractivity contribution < 1.29 is 52.5 Å². The van der Waals surface area contributed by atoms with Gasteiger partial charge in [0.05, 0.1) is 33.0 Å². The normalized spacial score (nSPS) is 32.8. The van der Waals surface area contributed by atoms with Crippen LogP contribution >= 0.6 is 0 Å². The lowest BCUT2D eigenvalue weighted by Crippen LogP contribution is -2.68. The molecule has 0 spiro atoms. The van der Waals surface area contributed by atoms with Crippen LogP contribution in [0.25, 0.3) is 0 Å². The van der Waals surface area contributed by atoms with E-state index in [1.165, 1.54) is 7.11 Å². The Morgan fingerprint density at radius 2 is 1.24 bits per heavy atom. The third-order valence-corrected chi connectivity index (χ3v) is 8.98. The quantitative estimate of drug-likeness (QED) is 0.262. The number of aliphatic hydroxyl groups excluding tert-OH is 1. The molecule has 6 rings (SSSR count). The van der Waals surface area contributed by atoms with Crippen molar-refractivity contribution in [3.05, 3.63) is 108 Å². The van der Waals surface area contributed by atoms with Gasteiger partial charge in [0.2, 0.25) is 0 Å². The van der Waals surface area contributed by atoms with E-state index in [0.29, 0.717) is 6.61 Å². The molecule has 266 valence electrons. The van der Waals surface area contributed by atoms with Gasteiger partial charge in [-0.3, -0.25) is 0 Å². The lowest BCUT2D eigenvalue weighted by atomic mass is 9.95. The zero-order chi connectivity index (χ0) is 34.2. The first kappa shape index (κ1) is 36.0. The molecule has 0 bridgehead atoms. The van der Waals surface area contributed by atoms with Gasteiger partial charge in [-0.05, 0) is 30.5 Å². The van der Waals surface area contributed by atoms with Crippen LogP contribution < -0.4 is 0 Å². The van der Waals surface area contributed by atoms with Crippen LogP contribution in [0.4, 0.5) is 0 Å². The minimum Gasteiger partial charge on any atom is -0.385 e. The number of methoxy groups -OCH3 is 2. The molecule has 4 unspecified atom stereocenters. The van der Waals surface area contributed by atoms with Gasteiger partial charge in [-0.1, -0.05) is 91.0 Å². The van der Waals surface area contributed by atoms with E-state index in [9.17, 15) is 5.11 Å². The molecule has 3 saturated heterocycles. The molecule has 3 aromatic rings. The molecular weight excluding hydrogens is 632 g/mol. The number of aliphatic hydroxyl groups is 1. The van der Waals surface area contributed by atoms with E-state index >= 15 is 0 Å². The van der Waals surface area contributed by atoms with Crippen molar-refractivity contribution in [3.63, 3.8) is 0 Å². The maximum Gasteiger partial charge on any atom is 0.187 e. The summed E-state index contributed by atoms with van der Waals surface area (Å²) in [5.41, 5.74) is 2.96. The summed E-state index contributed by atoms with van der Waals surface area (Å²) < 4.78 is 62.8. The second-order valence-corrected chi connectivity index (χ2v) is 12.9. The Labute approximate surface area is 288 Å². The lowest BCUT2D eigenvalue weighted by molar-refractivity contribution is -0.402. The maximum atomic E-state index is 11.6. The average Bonchev–Trinajstić information content (AvgIpc) is 3.12. The standard InChI is InChI=1S/C38H48O11/c1-38(2)45-24-29-32(49-38)33(40-3)30(39)36(46-29)48-31-28(23-42-20-25-14-8-5-9-15-25)47-37(41-4)35(44-22-27-18-12-7-13-19-27)34(31)43-21-26-16-10-6-11-17-26/h5-19,28-37,39H,20-24H2,1-4H3/t28-,29?,30?,31+,32+,33-,34?,35?,36-,37-/m0/s1. The Kier molecular flexibility index (Phi) is 12.5. The molecule has 3 fully saturated rings. The van der Waals surface area contributed by atoms with Crippen molar-refractivity contribution in [2.24, 2.45) is 0 Å². The van der Waals surface area contributed by atoms with Crippen LogP contribution in [0.3, 0.4) is 0 Å². The van der Waals surface area contributed by atoms with Gasteiger partial charge in [-0.15, -0.1) is 0 Å². The zero-order valence-corrected chi connectivity index (χ0v) is 28.5. The molecule has 49 heavy (non-hydrogen) atoms. The van der Waals surface area contributed by atoms with Crippen LogP contribution in [-0.2, 0) is 67.2 Å². The summed E-state index contributed by atoms with van der Waals surface area (Å²) in [6, 6.07) is 29.6. The van der Waals surface area contributed by atoms with E-state index < -0.39 is 67.2 Å². The van der Waals surface area contributed by atoms with Gasteiger partial charge >= 0.3 is 0 Å². The van der Waals surface area contributed by atoms with Gasteiger partial charge in [-0.2, -0.15) is 0 Å². The molecule has 1 N–H and O–H groups in total. The van der Waals surface area contributed by atoms with Crippen molar-refractivity contribution >= 4 is 0 Å². The van der Waals surface area contributed by atoms with Crippen LogP contribution in [0, 0.1) is 0 Å². The Morgan fingerprint density at radius 3 is 1.82 bits per heavy atom. The van der Waals surface area contributed by atoms with Crippen LogP contribution in [0.2, 0.25) is 0 Å². The molecule has 0 radical (unpaired) electrons. The highest BCUT2D eigenvalue weighted by Gasteiger charge is 2.55. The van der Waals surface area contributed by atoms with Gasteiger partial charge in [0, 0.05) is 14.2 Å². The first-order valence-electron chi connectivity index (χ1n) is 16.8. The first-order chi connectivity index (χ1) is 23.8. The Hall–Kier alpha value is -2.78. The molecule has 11 heteroatoms. The van der Waals surface area contributed by atoms with Crippen molar-refractivity contribution in [1.82, 2.24) is 0 Å². The number of fused-ring (bicyclic) bond motifs is 1. The minimum absolute atomic E-state index is 0.138. The highest BCUT2D eigenvalue weighted by molar-refractivity contribution is 5.15. The van der Waals surface area contributed by atoms with E-state index in [2.05, 4.69) is 0 Å². The molecule has 0 aliphatic carbocycles. The van der Waals surface area contributed by atoms with E-state index in [1.807, 2.05) is 105 Å². The second-order valence-electron chi connectivity index (χ2n) is 12.9. The highest BCUT2D eigenvalue weighted by Crippen LogP contribution is 2.37. The number of hydrogen-bond donors (Lipinski definition) is 1. The third kappa shape index (κ3) is 9.12. The summed E-state index contributed by atoms with van der Waals surface area (Å²) in [5, 5.41) is 11.6. The summed E-state index contributed by atoms with van der Waals surface area (Å²) >= 11 is 0. The fourth-order valence-corrected chi connectivity index (χ4v) is 6.49. The molecule has 3 heterocycles. The van der Waals surface area contributed by atoms with Crippen LogP contribution in [-0.4, -0.2) is 99.7 Å². The summed E-state index contributed by atoms with van der Waals surface area (Å²) in [4.78, 5) is 0. The second kappa shape index (κ2) is 17.0. The summed E-state index contributed by atoms with van der Waals surface area (Å²) in [6.07, 6.45) is -8.01. The number of benzene rings is 3. The van der Waals surface area contributed by atoms with Crippen LogP contribution in [0.5, 0.6) is 0 Å². The largest absolute Gasteiger partial charge is 0.385 e. The molecule has 0 amide bonds. The molecule has 0 saturated carbocycles. The van der Waals surface area contributed by atoms with Crippen molar-refractivity contribution in [2.45, 2.75) is 101 Å². The van der Waals surface area contributed by atoms with Crippen LogP contribution in [0.15, 0.2) is 91.0 Å². The van der Waals surface area contributed by atoms with Gasteiger partial charge in [-0.25, -0.2) is 0 Å². The number of hydrogen-bond acceptors (Lipinski definition) is 11. The molecular formula is C38H48O11. The number of ether oxygens (including phenoxy) is 10. The smallest absolute Gasteiger partial charge is 0.187 e. The fraction of sp³-hybridized carbons (Fsp3) is 0.526. The lowest BCUT2D eigenvalue weighted by Gasteiger charge is -2.51. The fourth-order valence-electron chi connectivity index (χ4n) is 6.49. The van der Waals surface area contributed by atoms with Crippen LogP contribution in [0.1, 0.15) is 30.5 Å². The molecule has 0 aromatic heterocycles. The molecule has 10 atom stereocenters. The Bertz CT molecular complexity index is 1390. The predicted octanol–water partition coefficient (Wildman–Crippen LogP) is 4.38. The zero-order valence-electron chi connectivity index (χ0n) is 28.5. The SMILES string of the molecule is CO[C@H]1O[C@@H](COCc2ccccc2)[C@@H](O[C@@H]2OC3COC(C)(C)O[C@H]3[C@@H](OC)C2O)C(OCc2ccccc2)C1OCc1ccccc1. The summed E-state index contributed by atoms with van der Waals surface area (Å²) in [5.74, 6) is -0.859. The monoisotopic (exact) mass is 680 g/mol. The third-order valence-electron chi connectivity index (χ3n) is 8.98. The maximum absolute atomic E-state index is 11.6. The average molecular weight is 681 g/mol. The first-order valence-corrected chi connectivity index (χ1v) is 16.8.